The van der Waals surface area contributed by atoms with E-state index >= 15 is 0 Å². The van der Waals surface area contributed by atoms with Crippen molar-refractivity contribution >= 4 is 0 Å². The highest BCUT2D eigenvalue weighted by atomic mass is 16.3. The third kappa shape index (κ3) is 8.85. The van der Waals surface area contributed by atoms with Crippen molar-refractivity contribution in [2.75, 3.05) is 6.54 Å². The zero-order valence-electron chi connectivity index (χ0n) is 29.9. The van der Waals surface area contributed by atoms with Gasteiger partial charge in [0.2, 0.25) is 0 Å². The van der Waals surface area contributed by atoms with E-state index in [4.69, 9.17) is 0 Å². The first-order chi connectivity index (χ1) is 21.6. The summed E-state index contributed by atoms with van der Waals surface area (Å²) in [7, 11) is 0. The number of aryl methyl sites for hydroxylation is 2. The van der Waals surface area contributed by atoms with Gasteiger partial charge in [-0.2, -0.15) is 0 Å². The number of benzene rings is 1. The van der Waals surface area contributed by atoms with E-state index in [0.29, 0.717) is 17.6 Å². The maximum absolute atomic E-state index is 12.5. The molecule has 1 saturated heterocycles. The van der Waals surface area contributed by atoms with Crippen molar-refractivity contribution in [3.63, 3.8) is 0 Å². The number of aromatic hydroxyl groups is 1. The van der Waals surface area contributed by atoms with Crippen LogP contribution in [-0.4, -0.2) is 27.9 Å². The second kappa shape index (κ2) is 18.0. The lowest BCUT2D eigenvalue weighted by Crippen LogP contribution is -2.45. The summed E-state index contributed by atoms with van der Waals surface area (Å²) in [6, 6.07) is 4.15. The van der Waals surface area contributed by atoms with Gasteiger partial charge in [0.25, 0.3) is 0 Å². The molecular formula is C42H65NO2. The third-order valence-electron chi connectivity index (χ3n) is 10.7. The molecule has 1 aliphatic carbocycles. The quantitative estimate of drug-likeness (QED) is 0.161. The number of likely N-dealkylation sites (tertiary alicyclic amines) is 1. The largest absolute Gasteiger partial charge is 0.507 e. The van der Waals surface area contributed by atoms with Crippen molar-refractivity contribution in [3.8, 4) is 5.75 Å². The summed E-state index contributed by atoms with van der Waals surface area (Å²) in [6.07, 6.45) is 28.8. The number of aliphatic hydroxyl groups excluding tert-OH is 1. The summed E-state index contributed by atoms with van der Waals surface area (Å²) in [4.78, 5) is 2.15. The van der Waals surface area contributed by atoms with E-state index in [1.54, 1.807) is 0 Å². The second-order valence-corrected chi connectivity index (χ2v) is 14.1. The Labute approximate surface area is 276 Å². The Hall–Kier alpha value is -2.52. The van der Waals surface area contributed by atoms with Gasteiger partial charge in [-0.3, -0.25) is 0 Å². The lowest BCUT2D eigenvalue weighted by molar-refractivity contribution is 0.0162. The summed E-state index contributed by atoms with van der Waals surface area (Å²) in [5, 5.41) is 23.2. The number of nitrogens with zero attached hydrogens (tertiary/aromatic N) is 1. The fourth-order valence-corrected chi connectivity index (χ4v) is 7.53. The van der Waals surface area contributed by atoms with Gasteiger partial charge < -0.3 is 15.1 Å². The number of hydrogen-bond acceptors (Lipinski definition) is 3. The molecule has 0 radical (unpaired) electrons. The topological polar surface area (TPSA) is 43.7 Å². The average molecular weight is 616 g/mol. The Morgan fingerprint density at radius 1 is 0.844 bits per heavy atom. The highest BCUT2D eigenvalue weighted by Gasteiger charge is 2.55. The van der Waals surface area contributed by atoms with E-state index in [0.717, 1.165) is 46.5 Å². The zero-order valence-corrected chi connectivity index (χ0v) is 29.9. The molecule has 2 N–H and O–H groups in total. The van der Waals surface area contributed by atoms with Crippen LogP contribution in [0.3, 0.4) is 0 Å². The minimum atomic E-state index is -0.800. The number of phenolic OH excluding ortho intramolecular Hbond substituents is 1. The predicted octanol–water partition coefficient (Wildman–Crippen LogP) is 11.5. The summed E-state index contributed by atoms with van der Waals surface area (Å²) >= 11 is 0. The van der Waals surface area contributed by atoms with Gasteiger partial charge in [0.1, 0.15) is 12.0 Å². The number of unbranched alkanes of at least 4 members (excludes halogenated alkanes) is 13. The van der Waals surface area contributed by atoms with Crippen LogP contribution in [0.2, 0.25) is 0 Å². The van der Waals surface area contributed by atoms with Crippen LogP contribution in [-0.2, 0) is 5.41 Å². The van der Waals surface area contributed by atoms with Gasteiger partial charge in [0, 0.05) is 12.2 Å². The van der Waals surface area contributed by atoms with Gasteiger partial charge in [-0.25, -0.2) is 0 Å². The molecule has 4 atom stereocenters. The molecule has 0 amide bonds. The van der Waals surface area contributed by atoms with Crippen molar-refractivity contribution in [3.05, 3.63) is 88.2 Å². The zero-order chi connectivity index (χ0) is 33.0. The first-order valence-electron chi connectivity index (χ1n) is 18.3. The lowest BCUT2D eigenvalue weighted by atomic mass is 9.64. The molecule has 3 rings (SSSR count). The standard InChI is InChI=1S/C42H65NO2/c1-9-11-13-14-15-16-17-18-19-20-21-22-23-24-26-43-36(8)39(25-12-10-2)42(41(43)45,37-27-31(3)35(7)32(4)28-37)38-29-33(5)40(44)34(6)30-38/h10,12,25,27-31,35,41,44-45H,8-9,11,13-24,26H2,1-7H3/b12-10-,39-25+. The predicted molar refractivity (Wildman–Crippen MR) is 194 cm³/mol. The summed E-state index contributed by atoms with van der Waals surface area (Å²) in [5.74, 6) is 1.12. The van der Waals surface area contributed by atoms with Crippen LogP contribution in [0.25, 0.3) is 0 Å². The summed E-state index contributed by atoms with van der Waals surface area (Å²) < 4.78 is 0. The molecule has 2 aliphatic rings. The Kier molecular flexibility index (Phi) is 14.8. The molecule has 1 aromatic rings. The van der Waals surface area contributed by atoms with Crippen LogP contribution in [0.4, 0.5) is 0 Å². The molecule has 45 heavy (non-hydrogen) atoms. The lowest BCUT2D eigenvalue weighted by Gasteiger charge is -2.40. The molecule has 3 nitrogen and oxygen atoms in total. The number of rotatable bonds is 18. The van der Waals surface area contributed by atoms with Crippen molar-refractivity contribution in [2.45, 2.75) is 150 Å². The van der Waals surface area contributed by atoms with E-state index in [9.17, 15) is 10.2 Å². The Bertz CT molecular complexity index is 1210. The Morgan fingerprint density at radius 2 is 1.36 bits per heavy atom. The van der Waals surface area contributed by atoms with E-state index in [2.05, 4.69) is 75.6 Å². The van der Waals surface area contributed by atoms with Crippen LogP contribution in [0, 0.1) is 25.7 Å². The van der Waals surface area contributed by atoms with E-state index < -0.39 is 11.6 Å². The second-order valence-electron chi connectivity index (χ2n) is 14.1. The first kappa shape index (κ1) is 36.9. The molecule has 0 spiro atoms. The molecule has 1 aromatic carbocycles. The van der Waals surface area contributed by atoms with Crippen molar-refractivity contribution < 1.29 is 10.2 Å². The normalized spacial score (nSPS) is 24.6. The third-order valence-corrected chi connectivity index (χ3v) is 10.7. The molecule has 1 aliphatic heterocycles. The Morgan fingerprint density at radius 3 is 1.84 bits per heavy atom. The molecule has 1 fully saturated rings. The maximum atomic E-state index is 12.5. The van der Waals surface area contributed by atoms with Gasteiger partial charge >= 0.3 is 0 Å². The van der Waals surface area contributed by atoms with Gasteiger partial charge in [0.15, 0.2) is 0 Å². The number of allylic oxidation sites excluding steroid dienone is 7. The molecule has 250 valence electrons. The van der Waals surface area contributed by atoms with Crippen LogP contribution in [0.5, 0.6) is 5.75 Å². The summed E-state index contributed by atoms with van der Waals surface area (Å²) in [6.45, 7) is 20.4. The van der Waals surface area contributed by atoms with Crippen molar-refractivity contribution in [2.24, 2.45) is 11.8 Å². The van der Waals surface area contributed by atoms with Crippen LogP contribution >= 0.6 is 0 Å². The smallest absolute Gasteiger partial charge is 0.144 e. The fraction of sp³-hybridized carbons (Fsp3) is 0.619. The number of phenols is 1. The number of aliphatic hydroxyl groups is 1. The number of hydrogen-bond donors (Lipinski definition) is 2. The average Bonchev–Trinajstić information content (AvgIpc) is 3.22. The van der Waals surface area contributed by atoms with Gasteiger partial charge in [-0.1, -0.05) is 159 Å². The molecule has 0 aromatic heterocycles. The maximum Gasteiger partial charge on any atom is 0.144 e. The fourth-order valence-electron chi connectivity index (χ4n) is 7.53. The van der Waals surface area contributed by atoms with E-state index in [-0.39, 0.29) is 0 Å². The van der Waals surface area contributed by atoms with Crippen LogP contribution in [0.1, 0.15) is 141 Å². The SMILES string of the molecule is C=C1/C(=C\C=C/C)C(C2=CC(C)C(C)C(C)=C2)(c2cc(C)c(O)c(C)c2)C(O)N1CCCCCCCCCCCCCCCC. The molecular weight excluding hydrogens is 550 g/mol. The monoisotopic (exact) mass is 616 g/mol. The molecule has 4 unspecified atom stereocenters. The molecule has 0 bridgehead atoms. The minimum Gasteiger partial charge on any atom is -0.507 e. The van der Waals surface area contributed by atoms with E-state index in [1.165, 1.54) is 89.0 Å². The highest BCUT2D eigenvalue weighted by molar-refractivity contribution is 5.64. The van der Waals surface area contributed by atoms with Gasteiger partial charge in [-0.15, -0.1) is 0 Å². The van der Waals surface area contributed by atoms with Gasteiger partial charge in [-0.05, 0) is 73.8 Å². The van der Waals surface area contributed by atoms with Crippen LogP contribution < -0.4 is 0 Å². The molecule has 0 saturated carbocycles. The summed E-state index contributed by atoms with van der Waals surface area (Å²) in [5.41, 5.74) is 6.28. The Balaban J connectivity index is 1.74. The van der Waals surface area contributed by atoms with Crippen molar-refractivity contribution in [1.82, 2.24) is 4.90 Å². The first-order valence-corrected chi connectivity index (χ1v) is 18.3. The van der Waals surface area contributed by atoms with E-state index in [1.807, 2.05) is 26.8 Å². The minimum absolute atomic E-state index is 0.324. The highest BCUT2D eigenvalue weighted by Crippen LogP contribution is 2.55. The molecule has 3 heteroatoms. The van der Waals surface area contributed by atoms with Crippen molar-refractivity contribution in [1.29, 1.82) is 0 Å². The van der Waals surface area contributed by atoms with Crippen LogP contribution in [0.15, 0.2) is 71.5 Å². The van der Waals surface area contributed by atoms with Gasteiger partial charge in [0.05, 0.1) is 5.41 Å². The molecule has 1 heterocycles.